The lowest BCUT2D eigenvalue weighted by Gasteiger charge is -2.43. The van der Waals surface area contributed by atoms with Crippen molar-refractivity contribution in [3.8, 4) is 33.4 Å². The van der Waals surface area contributed by atoms with Crippen LogP contribution in [0.3, 0.4) is 0 Å². The largest absolute Gasteiger partial charge is 0.310 e. The predicted molar refractivity (Wildman–Crippen MR) is 390 cm³/mol. The molecule has 3 heterocycles. The third-order valence-corrected chi connectivity index (χ3v) is 22.8. The molecule has 0 radical (unpaired) electrons. The molecule has 0 unspecified atom stereocenters. The van der Waals surface area contributed by atoms with Crippen molar-refractivity contribution in [1.82, 2.24) is 0 Å². The summed E-state index contributed by atoms with van der Waals surface area (Å²) in [4.78, 5) is 4.99. The Kier molecular flexibility index (Phi) is 11.9. The van der Waals surface area contributed by atoms with Crippen LogP contribution in [0, 0.1) is 0 Å². The lowest BCUT2D eigenvalue weighted by atomic mass is 9.58. The molecule has 91 heavy (non-hydrogen) atoms. The fraction of sp³-hybridized carbons (Fsp3) is 0.0233. The molecule has 0 bridgehead atoms. The highest BCUT2D eigenvalue weighted by atomic mass is 32.1. The van der Waals surface area contributed by atoms with Gasteiger partial charge < -0.3 is 9.80 Å². The fourth-order valence-corrected chi connectivity index (χ4v) is 18.8. The summed E-state index contributed by atoms with van der Waals surface area (Å²) in [7, 11) is 0. The van der Waals surface area contributed by atoms with E-state index < -0.39 is 5.41 Å². The van der Waals surface area contributed by atoms with Gasteiger partial charge in [-0.15, -0.1) is 34.0 Å². The summed E-state index contributed by atoms with van der Waals surface area (Å²) in [6.45, 7) is 0. The van der Waals surface area contributed by atoms with Crippen LogP contribution in [0.15, 0.2) is 322 Å². The summed E-state index contributed by atoms with van der Waals surface area (Å²) >= 11 is 5.60. The van der Waals surface area contributed by atoms with Gasteiger partial charge in [0.15, 0.2) is 0 Å². The Morgan fingerprint density at radius 1 is 0.253 bits per heavy atom. The maximum atomic E-state index is 2.52. The molecule has 0 amide bonds. The fourth-order valence-electron chi connectivity index (χ4n) is 15.5. The Bertz CT molecular complexity index is 5690. The molecule has 0 aliphatic heterocycles. The molecule has 0 saturated carbocycles. The number of para-hydroxylation sites is 2. The first-order valence-electron chi connectivity index (χ1n) is 31.2. The van der Waals surface area contributed by atoms with E-state index in [4.69, 9.17) is 0 Å². The molecule has 17 aromatic rings. The van der Waals surface area contributed by atoms with Crippen molar-refractivity contribution < 1.29 is 0 Å². The van der Waals surface area contributed by atoms with Crippen molar-refractivity contribution in [3.05, 3.63) is 360 Å². The van der Waals surface area contributed by atoms with Gasteiger partial charge in [-0.05, 0) is 176 Å². The number of benzene rings is 14. The average Bonchev–Trinajstić information content (AvgIpc) is 1.59. The van der Waals surface area contributed by atoms with Crippen molar-refractivity contribution in [2.24, 2.45) is 0 Å². The monoisotopic (exact) mass is 1210 g/mol. The second kappa shape index (κ2) is 20.7. The molecular formula is C86H54N2S3. The highest BCUT2D eigenvalue weighted by Crippen LogP contribution is 2.63. The van der Waals surface area contributed by atoms with Gasteiger partial charge in [0.2, 0.25) is 0 Å². The van der Waals surface area contributed by atoms with Gasteiger partial charge in [0.1, 0.15) is 0 Å². The first-order chi connectivity index (χ1) is 45.1. The topological polar surface area (TPSA) is 6.48 Å². The molecule has 3 aromatic heterocycles. The van der Waals surface area contributed by atoms with Crippen LogP contribution in [0.25, 0.3) is 93.9 Å². The Morgan fingerprint density at radius 2 is 0.692 bits per heavy atom. The van der Waals surface area contributed by atoms with E-state index in [0.717, 1.165) is 28.4 Å². The molecular weight excluding hydrogens is 1160 g/mol. The maximum absolute atomic E-state index is 2.52. The smallest absolute Gasteiger partial charge is 0.0720 e. The summed E-state index contributed by atoms with van der Waals surface area (Å²) in [5.41, 5.74) is 22.8. The molecule has 2 aliphatic rings. The Balaban J connectivity index is 0.776. The summed E-state index contributed by atoms with van der Waals surface area (Å²) in [6, 6.07) is 121. The summed E-state index contributed by atoms with van der Waals surface area (Å²) < 4.78 is 7.69. The van der Waals surface area contributed by atoms with Crippen molar-refractivity contribution in [1.29, 1.82) is 0 Å². The number of nitrogens with zero attached hydrogens (tertiary/aromatic N) is 2. The highest BCUT2D eigenvalue weighted by Gasteiger charge is 2.52. The first-order valence-corrected chi connectivity index (χ1v) is 33.7. The van der Waals surface area contributed by atoms with E-state index in [1.807, 2.05) is 34.0 Å². The van der Waals surface area contributed by atoms with Gasteiger partial charge in [0.25, 0.3) is 0 Å². The average molecular weight is 1210 g/mol. The Morgan fingerprint density at radius 3 is 1.41 bits per heavy atom. The van der Waals surface area contributed by atoms with E-state index in [1.54, 1.807) is 0 Å². The number of thiophene rings is 3. The predicted octanol–water partition coefficient (Wildman–Crippen LogP) is 24.9. The number of hydrogen-bond donors (Lipinski definition) is 0. The van der Waals surface area contributed by atoms with E-state index >= 15 is 0 Å². The second-order valence-corrected chi connectivity index (χ2v) is 27.4. The lowest BCUT2D eigenvalue weighted by Crippen LogP contribution is -2.36. The van der Waals surface area contributed by atoms with Gasteiger partial charge in [-0.25, -0.2) is 0 Å². The van der Waals surface area contributed by atoms with Crippen LogP contribution in [-0.4, -0.2) is 0 Å². The molecule has 0 fully saturated rings. The highest BCUT2D eigenvalue weighted by molar-refractivity contribution is 7.26. The van der Waals surface area contributed by atoms with Gasteiger partial charge in [0.05, 0.1) is 11.1 Å². The summed E-state index contributed by atoms with van der Waals surface area (Å²) in [5.74, 6) is 0.0952. The van der Waals surface area contributed by atoms with Gasteiger partial charge in [-0.1, -0.05) is 212 Å². The number of hydrogen-bond acceptors (Lipinski definition) is 5. The third kappa shape index (κ3) is 8.01. The van der Waals surface area contributed by atoms with Crippen LogP contribution in [-0.2, 0) is 5.41 Å². The van der Waals surface area contributed by atoms with Gasteiger partial charge in [-0.3, -0.25) is 0 Å². The van der Waals surface area contributed by atoms with E-state index in [1.165, 1.54) is 139 Å². The van der Waals surface area contributed by atoms with Gasteiger partial charge in [-0.2, -0.15) is 0 Å². The zero-order valence-corrected chi connectivity index (χ0v) is 51.7. The normalized spacial score (nSPS) is 14.7. The molecule has 19 rings (SSSR count). The zero-order chi connectivity index (χ0) is 59.7. The molecule has 0 saturated heterocycles. The van der Waals surface area contributed by atoms with Crippen LogP contribution >= 0.6 is 34.0 Å². The van der Waals surface area contributed by atoms with Crippen LogP contribution in [0.2, 0.25) is 0 Å². The molecule has 1 spiro atoms. The number of fused-ring (bicyclic) bond motifs is 18. The lowest BCUT2D eigenvalue weighted by molar-refractivity contribution is 0.697. The van der Waals surface area contributed by atoms with Crippen LogP contribution in [0.5, 0.6) is 0 Å². The molecule has 5 heteroatoms. The third-order valence-electron chi connectivity index (χ3n) is 19.4. The second-order valence-electron chi connectivity index (χ2n) is 24.2. The minimum Gasteiger partial charge on any atom is -0.310 e. The summed E-state index contributed by atoms with van der Waals surface area (Å²) in [5, 5.41) is 7.62. The molecule has 2 nitrogen and oxygen atoms in total. The molecule has 0 atom stereocenters. The quantitative estimate of drug-likeness (QED) is 0.142. The van der Waals surface area contributed by atoms with E-state index in [2.05, 4.69) is 331 Å². The summed E-state index contributed by atoms with van der Waals surface area (Å²) in [6.07, 6.45) is 0. The van der Waals surface area contributed by atoms with Crippen molar-refractivity contribution in [2.75, 3.05) is 9.80 Å². The Hall–Kier alpha value is -10.7. The molecule has 14 aromatic carbocycles. The van der Waals surface area contributed by atoms with E-state index in [9.17, 15) is 0 Å². The standard InChI is InChI=1S/C86H54N2S3/c1-4-20-55(21-5-1)83-67-28-11-16-32-74(67)86(75-33-17-12-29-68(75)83)73-31-15-10-26-64(73)65-44-42-62(53-76(65)86)87(58-22-6-2-7-23-58)61-43-48-81-72(52-61)71-51-57(39-47-80(71)90-81)63-45-49-82-84(69-30-14-19-35-78(69)91-82)85(63)88(59-24-8-3-9-25-59)60-40-36-54(37-41-60)56-38-46-79-70(50-56)66-27-13-18-34-77(66)89-79/h1-53,83H. The SMILES string of the molecule is c1ccc(C2c3ccccc3C3(c4ccccc4-c4ccc(N(c5ccccc5)c5ccc6sc7ccc(-c8ccc9sc%10ccccc%10c9c8N(c8ccccc8)c8ccc(-c9ccc%10sc%11ccccc%11c%10c9)cc8)cc7c6c5)cc43)c3ccccc32)cc1. The molecule has 2 aliphatic carbocycles. The van der Waals surface area contributed by atoms with Crippen molar-refractivity contribution >= 4 is 129 Å². The van der Waals surface area contributed by atoms with Crippen molar-refractivity contribution in [3.63, 3.8) is 0 Å². The van der Waals surface area contributed by atoms with Crippen LogP contribution in [0.1, 0.15) is 44.9 Å². The molecule has 0 N–H and O–H groups in total. The van der Waals surface area contributed by atoms with Crippen LogP contribution in [0.4, 0.5) is 34.1 Å². The zero-order valence-electron chi connectivity index (χ0n) is 49.3. The minimum atomic E-state index is -0.557. The molecule has 426 valence electrons. The number of rotatable bonds is 9. The number of anilines is 6. The Labute approximate surface area is 539 Å². The van der Waals surface area contributed by atoms with Gasteiger partial charge >= 0.3 is 0 Å². The maximum Gasteiger partial charge on any atom is 0.0720 e. The minimum absolute atomic E-state index is 0.0952. The van der Waals surface area contributed by atoms with E-state index in [0.29, 0.717) is 0 Å². The first kappa shape index (κ1) is 52.3. The van der Waals surface area contributed by atoms with Crippen LogP contribution < -0.4 is 9.80 Å². The van der Waals surface area contributed by atoms with Crippen molar-refractivity contribution in [2.45, 2.75) is 11.3 Å². The van der Waals surface area contributed by atoms with Gasteiger partial charge in [0, 0.05) is 100 Å². The van der Waals surface area contributed by atoms with E-state index in [-0.39, 0.29) is 5.92 Å².